The summed E-state index contributed by atoms with van der Waals surface area (Å²) in [7, 11) is 0. The molecule has 4 nitrogen and oxygen atoms in total. The first-order chi connectivity index (χ1) is 8.85. The van der Waals surface area contributed by atoms with Gasteiger partial charge in [0.1, 0.15) is 6.07 Å². The highest BCUT2D eigenvalue weighted by Crippen LogP contribution is 2.22. The number of anilines is 1. The van der Waals surface area contributed by atoms with Gasteiger partial charge in [0.05, 0.1) is 24.5 Å². The Balaban J connectivity index is 2.17. The number of nitriles is 1. The quantitative estimate of drug-likeness (QED) is 0.873. The molecule has 0 bridgehead atoms. The van der Waals surface area contributed by atoms with Crippen LogP contribution in [0.1, 0.15) is 18.1 Å². The largest absolute Gasteiger partial charge is 0.378 e. The molecule has 4 heteroatoms. The lowest BCUT2D eigenvalue weighted by Crippen LogP contribution is -2.36. The molecule has 1 saturated heterocycles. The van der Waals surface area contributed by atoms with Gasteiger partial charge in [0.2, 0.25) is 0 Å². The second kappa shape index (κ2) is 6.39. The van der Waals surface area contributed by atoms with Crippen molar-refractivity contribution in [3.8, 4) is 6.07 Å². The molecule has 0 spiro atoms. The highest BCUT2D eigenvalue weighted by atomic mass is 16.5. The summed E-state index contributed by atoms with van der Waals surface area (Å²) >= 11 is 0. The molecule has 0 unspecified atom stereocenters. The fourth-order valence-electron chi connectivity index (χ4n) is 2.13. The maximum atomic E-state index is 9.27. The van der Waals surface area contributed by atoms with Crippen LogP contribution in [0.15, 0.2) is 18.2 Å². The summed E-state index contributed by atoms with van der Waals surface area (Å²) < 4.78 is 5.34. The first-order valence-electron chi connectivity index (χ1n) is 6.41. The van der Waals surface area contributed by atoms with Crippen LogP contribution in [0, 0.1) is 11.3 Å². The summed E-state index contributed by atoms with van der Waals surface area (Å²) in [6.07, 6.45) is 0. The molecule has 1 aliphatic heterocycles. The Morgan fingerprint density at radius 2 is 2.17 bits per heavy atom. The van der Waals surface area contributed by atoms with Gasteiger partial charge in [-0.25, -0.2) is 0 Å². The lowest BCUT2D eigenvalue weighted by molar-refractivity contribution is 0.122. The molecule has 1 aliphatic rings. The van der Waals surface area contributed by atoms with Crippen molar-refractivity contribution in [2.45, 2.75) is 13.5 Å². The highest BCUT2D eigenvalue weighted by molar-refractivity contribution is 5.60. The van der Waals surface area contributed by atoms with Gasteiger partial charge in [-0.1, -0.05) is 13.0 Å². The first-order valence-corrected chi connectivity index (χ1v) is 6.41. The normalized spacial score (nSPS) is 15.4. The molecule has 1 N–H and O–H groups in total. The van der Waals surface area contributed by atoms with Crippen LogP contribution in [0.3, 0.4) is 0 Å². The smallest absolute Gasteiger partial charge is 0.101 e. The van der Waals surface area contributed by atoms with Gasteiger partial charge in [0.25, 0.3) is 0 Å². The van der Waals surface area contributed by atoms with E-state index in [0.29, 0.717) is 0 Å². The summed E-state index contributed by atoms with van der Waals surface area (Å²) in [4.78, 5) is 2.22. The van der Waals surface area contributed by atoms with E-state index in [1.165, 1.54) is 0 Å². The average molecular weight is 245 g/mol. The zero-order valence-corrected chi connectivity index (χ0v) is 10.8. The predicted octanol–water partition coefficient (Wildman–Crippen LogP) is 1.50. The zero-order valence-electron chi connectivity index (χ0n) is 10.8. The Bertz CT molecular complexity index is 433. The molecule has 0 saturated carbocycles. The van der Waals surface area contributed by atoms with Crippen molar-refractivity contribution in [2.75, 3.05) is 37.7 Å². The molecule has 0 radical (unpaired) electrons. The van der Waals surface area contributed by atoms with Gasteiger partial charge in [-0.15, -0.1) is 0 Å². The molecule has 2 rings (SSSR count). The minimum Gasteiger partial charge on any atom is -0.378 e. The third-order valence-electron chi connectivity index (χ3n) is 3.11. The molecule has 0 atom stereocenters. The Hall–Kier alpha value is -1.57. The summed E-state index contributed by atoms with van der Waals surface area (Å²) in [6.45, 7) is 7.03. The van der Waals surface area contributed by atoms with E-state index < -0.39 is 0 Å². The number of hydrogen-bond acceptors (Lipinski definition) is 4. The van der Waals surface area contributed by atoms with Crippen molar-refractivity contribution in [1.82, 2.24) is 5.32 Å². The second-order valence-electron chi connectivity index (χ2n) is 4.34. The summed E-state index contributed by atoms with van der Waals surface area (Å²) in [6, 6.07) is 8.42. The number of benzene rings is 1. The van der Waals surface area contributed by atoms with E-state index in [1.54, 1.807) is 0 Å². The molecular formula is C14H19N3O. The summed E-state index contributed by atoms with van der Waals surface area (Å²) in [5, 5.41) is 12.5. The molecule has 0 aromatic heterocycles. The number of rotatable bonds is 4. The fraction of sp³-hybridized carbons (Fsp3) is 0.500. The van der Waals surface area contributed by atoms with Crippen LogP contribution in [-0.2, 0) is 11.3 Å². The van der Waals surface area contributed by atoms with E-state index in [4.69, 9.17) is 4.74 Å². The maximum absolute atomic E-state index is 9.27. The second-order valence-corrected chi connectivity index (χ2v) is 4.34. The first kappa shape index (κ1) is 12.9. The van der Waals surface area contributed by atoms with Gasteiger partial charge in [-0.05, 0) is 24.2 Å². The average Bonchev–Trinajstić information content (AvgIpc) is 2.45. The van der Waals surface area contributed by atoms with E-state index in [-0.39, 0.29) is 0 Å². The third kappa shape index (κ3) is 3.00. The van der Waals surface area contributed by atoms with Gasteiger partial charge in [0.15, 0.2) is 0 Å². The Morgan fingerprint density at radius 3 is 2.83 bits per heavy atom. The van der Waals surface area contributed by atoms with Crippen LogP contribution in [0.5, 0.6) is 0 Å². The zero-order chi connectivity index (χ0) is 12.8. The molecular weight excluding hydrogens is 226 g/mol. The van der Waals surface area contributed by atoms with Crippen molar-refractivity contribution < 1.29 is 4.74 Å². The number of ether oxygens (including phenoxy) is 1. The van der Waals surface area contributed by atoms with Gasteiger partial charge in [-0.2, -0.15) is 5.26 Å². The van der Waals surface area contributed by atoms with Crippen molar-refractivity contribution in [3.63, 3.8) is 0 Å². The molecule has 1 aromatic rings. The van der Waals surface area contributed by atoms with E-state index in [2.05, 4.69) is 35.3 Å². The SMILES string of the molecule is CCNCc1ccc(N2CCOCC2)c(C#N)c1. The van der Waals surface area contributed by atoms with Crippen LogP contribution in [-0.4, -0.2) is 32.8 Å². The minimum absolute atomic E-state index is 0.740. The minimum atomic E-state index is 0.740. The number of morpholine rings is 1. The molecule has 1 heterocycles. The molecule has 96 valence electrons. The number of hydrogen-bond donors (Lipinski definition) is 1. The molecule has 0 aliphatic carbocycles. The van der Waals surface area contributed by atoms with Crippen molar-refractivity contribution in [1.29, 1.82) is 5.26 Å². The number of nitrogens with zero attached hydrogens (tertiary/aromatic N) is 2. The number of nitrogens with one attached hydrogen (secondary N) is 1. The van der Waals surface area contributed by atoms with E-state index in [0.717, 1.165) is 56.2 Å². The van der Waals surface area contributed by atoms with E-state index >= 15 is 0 Å². The topological polar surface area (TPSA) is 48.3 Å². The van der Waals surface area contributed by atoms with Crippen molar-refractivity contribution in [3.05, 3.63) is 29.3 Å². The van der Waals surface area contributed by atoms with Crippen molar-refractivity contribution >= 4 is 5.69 Å². The van der Waals surface area contributed by atoms with Crippen LogP contribution in [0.25, 0.3) is 0 Å². The van der Waals surface area contributed by atoms with Crippen molar-refractivity contribution in [2.24, 2.45) is 0 Å². The standard InChI is InChI=1S/C14H19N3O/c1-2-16-11-12-3-4-14(13(9-12)10-15)17-5-7-18-8-6-17/h3-4,9,16H,2,5-8,11H2,1H3. The van der Waals surface area contributed by atoms with Crippen LogP contribution < -0.4 is 10.2 Å². The van der Waals surface area contributed by atoms with Gasteiger partial charge in [0, 0.05) is 19.6 Å². The summed E-state index contributed by atoms with van der Waals surface area (Å²) in [5.74, 6) is 0. The van der Waals surface area contributed by atoms with Crippen LogP contribution in [0.4, 0.5) is 5.69 Å². The Morgan fingerprint density at radius 1 is 1.39 bits per heavy atom. The van der Waals surface area contributed by atoms with Crippen LogP contribution in [0.2, 0.25) is 0 Å². The lowest BCUT2D eigenvalue weighted by Gasteiger charge is -2.29. The van der Waals surface area contributed by atoms with E-state index in [1.807, 2.05) is 6.07 Å². The van der Waals surface area contributed by atoms with Crippen LogP contribution >= 0.6 is 0 Å². The van der Waals surface area contributed by atoms with E-state index in [9.17, 15) is 5.26 Å². The Kier molecular flexibility index (Phi) is 4.57. The molecule has 1 fully saturated rings. The third-order valence-corrected chi connectivity index (χ3v) is 3.11. The molecule has 0 amide bonds. The molecule has 18 heavy (non-hydrogen) atoms. The fourth-order valence-corrected chi connectivity index (χ4v) is 2.13. The van der Waals surface area contributed by atoms with Gasteiger partial charge in [-0.3, -0.25) is 0 Å². The lowest BCUT2D eigenvalue weighted by atomic mass is 10.1. The van der Waals surface area contributed by atoms with Gasteiger partial charge < -0.3 is 15.0 Å². The summed E-state index contributed by atoms with van der Waals surface area (Å²) in [5.41, 5.74) is 2.94. The Labute approximate surface area is 108 Å². The van der Waals surface area contributed by atoms with Gasteiger partial charge >= 0.3 is 0 Å². The predicted molar refractivity (Wildman–Crippen MR) is 71.6 cm³/mol. The maximum Gasteiger partial charge on any atom is 0.101 e. The monoisotopic (exact) mass is 245 g/mol. The molecule has 1 aromatic carbocycles. The highest BCUT2D eigenvalue weighted by Gasteiger charge is 2.14.